The Balaban J connectivity index is 1.42. The Morgan fingerprint density at radius 1 is 1.07 bits per heavy atom. The summed E-state index contributed by atoms with van der Waals surface area (Å²) in [7, 11) is 0. The van der Waals surface area contributed by atoms with Crippen molar-refractivity contribution in [2.24, 2.45) is 0 Å². The number of nitrogens with zero attached hydrogens (tertiary/aromatic N) is 2. The molecule has 2 aromatic carbocycles. The number of furan rings is 1. The van der Waals surface area contributed by atoms with Gasteiger partial charge >= 0.3 is 0 Å². The first kappa shape index (κ1) is 25.6. The summed E-state index contributed by atoms with van der Waals surface area (Å²) in [5.41, 5.74) is 5.48. The zero-order chi connectivity index (χ0) is 27.8. The van der Waals surface area contributed by atoms with Crippen LogP contribution < -0.4 is 5.32 Å². The Bertz CT molecular complexity index is 1720. The second-order valence-electron chi connectivity index (χ2n) is 10.1. The lowest BCUT2D eigenvalue weighted by atomic mass is 9.90. The number of pyridine rings is 1. The van der Waals surface area contributed by atoms with E-state index in [0.29, 0.717) is 64.0 Å². The molecule has 0 unspecified atom stereocenters. The first-order chi connectivity index (χ1) is 19.4. The fourth-order valence-electron chi connectivity index (χ4n) is 5.58. The van der Waals surface area contributed by atoms with Gasteiger partial charge < -0.3 is 19.4 Å². The number of hydrogen-bond donors (Lipinski definition) is 2. The Hall–Kier alpha value is -4.72. The van der Waals surface area contributed by atoms with Gasteiger partial charge in [0.05, 0.1) is 29.4 Å². The molecule has 5 aromatic rings. The van der Waals surface area contributed by atoms with Crippen LogP contribution in [0.4, 0.5) is 4.39 Å². The first-order valence-corrected chi connectivity index (χ1v) is 13.3. The number of aryl methyl sites for hydroxylation is 3. The number of carbonyl (C=O) groups is 2. The van der Waals surface area contributed by atoms with Gasteiger partial charge in [0.15, 0.2) is 5.78 Å². The van der Waals surface area contributed by atoms with Gasteiger partial charge in [-0.25, -0.2) is 9.37 Å². The molecule has 8 heteroatoms. The molecule has 1 aliphatic rings. The van der Waals surface area contributed by atoms with Crippen molar-refractivity contribution in [1.29, 1.82) is 0 Å². The van der Waals surface area contributed by atoms with Crippen molar-refractivity contribution in [2.45, 2.75) is 45.7 Å². The predicted molar refractivity (Wildman–Crippen MR) is 149 cm³/mol. The van der Waals surface area contributed by atoms with Crippen LogP contribution in [-0.4, -0.2) is 26.3 Å². The zero-order valence-electron chi connectivity index (χ0n) is 22.0. The molecule has 0 fully saturated rings. The predicted octanol–water partition coefficient (Wildman–Crippen LogP) is 6.01. The number of Topliss-reactive ketones (excluding diaryl/α,β-unsaturated/α-hetero) is 1. The van der Waals surface area contributed by atoms with Crippen molar-refractivity contribution in [3.63, 3.8) is 0 Å². The third kappa shape index (κ3) is 4.66. The molecule has 0 radical (unpaired) electrons. The van der Waals surface area contributed by atoms with Gasteiger partial charge in [-0.15, -0.1) is 0 Å². The van der Waals surface area contributed by atoms with Gasteiger partial charge in [0.2, 0.25) is 5.88 Å². The third-order valence-corrected chi connectivity index (χ3v) is 7.50. The molecule has 0 saturated heterocycles. The summed E-state index contributed by atoms with van der Waals surface area (Å²) in [6.45, 7) is 2.46. The summed E-state index contributed by atoms with van der Waals surface area (Å²) in [6, 6.07) is 16.9. The maximum atomic E-state index is 13.4. The second-order valence-corrected chi connectivity index (χ2v) is 10.1. The average molecular weight is 538 g/mol. The van der Waals surface area contributed by atoms with Crippen LogP contribution in [-0.2, 0) is 32.4 Å². The van der Waals surface area contributed by atoms with E-state index in [1.807, 2.05) is 4.57 Å². The Kier molecular flexibility index (Phi) is 6.67. The molecule has 3 aromatic heterocycles. The number of nitrogens with one attached hydrogen (secondary N) is 1. The summed E-state index contributed by atoms with van der Waals surface area (Å²) in [5, 5.41) is 14.7. The molecule has 0 saturated carbocycles. The number of rotatable bonds is 8. The van der Waals surface area contributed by atoms with Gasteiger partial charge in [-0.3, -0.25) is 9.59 Å². The molecule has 1 aliphatic heterocycles. The normalized spacial score (nSPS) is 12.6. The van der Waals surface area contributed by atoms with E-state index in [4.69, 9.17) is 9.40 Å². The van der Waals surface area contributed by atoms with Crippen LogP contribution in [0.2, 0.25) is 0 Å². The number of halogens is 1. The van der Waals surface area contributed by atoms with E-state index in [9.17, 15) is 19.1 Å². The molecule has 0 spiro atoms. The van der Waals surface area contributed by atoms with Crippen LogP contribution in [0, 0.1) is 5.82 Å². The molecule has 2 N–H and O–H groups in total. The molecule has 7 nitrogen and oxygen atoms in total. The third-order valence-electron chi connectivity index (χ3n) is 7.50. The zero-order valence-corrected chi connectivity index (χ0v) is 22.0. The van der Waals surface area contributed by atoms with Gasteiger partial charge in [0, 0.05) is 28.9 Å². The number of carbonyl (C=O) groups excluding carboxylic acids is 2. The number of benzene rings is 2. The highest BCUT2D eigenvalue weighted by molar-refractivity contribution is 6.12. The van der Waals surface area contributed by atoms with Gasteiger partial charge in [-0.1, -0.05) is 24.3 Å². The van der Waals surface area contributed by atoms with Crippen molar-refractivity contribution in [3.05, 3.63) is 107 Å². The van der Waals surface area contributed by atoms with Crippen molar-refractivity contribution in [3.8, 4) is 17.0 Å². The molecule has 0 atom stereocenters. The molecule has 6 rings (SSSR count). The average Bonchev–Trinajstić information content (AvgIpc) is 3.71. The lowest BCUT2D eigenvalue weighted by Crippen LogP contribution is -2.22. The molecule has 0 bridgehead atoms. The van der Waals surface area contributed by atoms with Crippen LogP contribution in [0.15, 0.2) is 71.3 Å². The highest BCUT2D eigenvalue weighted by Gasteiger charge is 2.29. The molecular weight excluding hydrogens is 509 g/mol. The summed E-state index contributed by atoms with van der Waals surface area (Å²) in [6.07, 6.45) is 4.31. The lowest BCUT2D eigenvalue weighted by molar-refractivity contribution is 0.0947. The number of fused-ring (bicyclic) bond motifs is 3. The SMILES string of the molecule is CC(=O)c1c(CCc2ccc(F)cc2)nc2c3n(c(O)c2c1-c1ccc(C(=O)NCc2ccco2)cc1)CCC3. The van der Waals surface area contributed by atoms with E-state index in [2.05, 4.69) is 5.32 Å². The molecule has 202 valence electrons. The monoisotopic (exact) mass is 537 g/mol. The minimum atomic E-state index is -0.298. The van der Waals surface area contributed by atoms with Gasteiger partial charge in [0.25, 0.3) is 5.91 Å². The summed E-state index contributed by atoms with van der Waals surface area (Å²) < 4.78 is 20.6. The van der Waals surface area contributed by atoms with Gasteiger partial charge in [-0.2, -0.15) is 0 Å². The van der Waals surface area contributed by atoms with Crippen LogP contribution in [0.3, 0.4) is 0 Å². The van der Waals surface area contributed by atoms with Crippen molar-refractivity contribution in [1.82, 2.24) is 14.9 Å². The van der Waals surface area contributed by atoms with E-state index >= 15 is 0 Å². The minimum absolute atomic E-state index is 0.109. The van der Waals surface area contributed by atoms with Crippen molar-refractivity contribution < 1.29 is 23.5 Å². The quantitative estimate of drug-likeness (QED) is 0.237. The number of hydrogen-bond acceptors (Lipinski definition) is 5. The lowest BCUT2D eigenvalue weighted by Gasteiger charge is -2.15. The van der Waals surface area contributed by atoms with Gasteiger partial charge in [0.1, 0.15) is 11.6 Å². The number of aromatic nitrogens is 2. The smallest absolute Gasteiger partial charge is 0.251 e. The van der Waals surface area contributed by atoms with E-state index in [0.717, 1.165) is 24.1 Å². The Labute approximate surface area is 230 Å². The number of amides is 1. The van der Waals surface area contributed by atoms with Gasteiger partial charge in [-0.05, 0) is 80.1 Å². The largest absolute Gasteiger partial charge is 0.494 e. The molecule has 40 heavy (non-hydrogen) atoms. The minimum Gasteiger partial charge on any atom is -0.494 e. The van der Waals surface area contributed by atoms with E-state index in [1.165, 1.54) is 19.1 Å². The summed E-state index contributed by atoms with van der Waals surface area (Å²) >= 11 is 0. The highest BCUT2D eigenvalue weighted by Crippen LogP contribution is 2.43. The Morgan fingerprint density at radius 3 is 2.55 bits per heavy atom. The molecule has 1 amide bonds. The summed E-state index contributed by atoms with van der Waals surface area (Å²) in [4.78, 5) is 30.9. The number of ketones is 1. The molecule has 0 aliphatic carbocycles. The van der Waals surface area contributed by atoms with Crippen molar-refractivity contribution >= 4 is 22.6 Å². The first-order valence-electron chi connectivity index (χ1n) is 13.3. The fraction of sp³-hybridized carbons (Fsp3) is 0.219. The number of aromatic hydroxyl groups is 1. The highest BCUT2D eigenvalue weighted by atomic mass is 19.1. The fourth-order valence-corrected chi connectivity index (χ4v) is 5.58. The van der Waals surface area contributed by atoms with Crippen LogP contribution in [0.25, 0.3) is 22.0 Å². The van der Waals surface area contributed by atoms with Crippen LogP contribution >= 0.6 is 0 Å². The van der Waals surface area contributed by atoms with Crippen LogP contribution in [0.5, 0.6) is 5.88 Å². The van der Waals surface area contributed by atoms with E-state index in [1.54, 1.807) is 54.8 Å². The van der Waals surface area contributed by atoms with Crippen LogP contribution in [0.1, 0.15) is 56.8 Å². The van der Waals surface area contributed by atoms with E-state index in [-0.39, 0.29) is 29.9 Å². The maximum absolute atomic E-state index is 13.4. The molecular formula is C32H28FN3O4. The second kappa shape index (κ2) is 10.4. The summed E-state index contributed by atoms with van der Waals surface area (Å²) in [5.74, 6) is 0.0521. The Morgan fingerprint density at radius 2 is 1.85 bits per heavy atom. The standard InChI is InChI=1S/C32H28FN3O4/c1-19(37)27-25(15-8-20-6-13-23(33)14-7-20)35-30-26-5-2-16-36(26)32(39)29(30)28(27)21-9-11-22(12-10-21)31(38)34-18-24-4-3-17-40-24/h3-4,6-7,9-14,17,39H,2,5,8,15-16,18H2,1H3,(H,34,38). The van der Waals surface area contributed by atoms with Crippen molar-refractivity contribution in [2.75, 3.05) is 0 Å². The molecule has 4 heterocycles. The maximum Gasteiger partial charge on any atom is 0.251 e. The van der Waals surface area contributed by atoms with E-state index < -0.39 is 0 Å². The topological polar surface area (TPSA) is 97.4 Å².